The summed E-state index contributed by atoms with van der Waals surface area (Å²) in [7, 11) is 0. The number of ether oxygens (including phenoxy) is 2. The predicted molar refractivity (Wildman–Crippen MR) is 121 cm³/mol. The molecule has 0 N–H and O–H groups in total. The van der Waals surface area contributed by atoms with Crippen molar-refractivity contribution in [3.8, 4) is 11.5 Å². The van der Waals surface area contributed by atoms with Crippen LogP contribution < -0.4 is 14.4 Å². The van der Waals surface area contributed by atoms with Crippen molar-refractivity contribution in [3.05, 3.63) is 75.4 Å². The number of hydrogen-bond acceptors (Lipinski definition) is 9. The molecule has 4 aromatic rings. The van der Waals surface area contributed by atoms with E-state index in [0.717, 1.165) is 21.6 Å². The summed E-state index contributed by atoms with van der Waals surface area (Å²) in [5.74, 6) is 0.972. The Labute approximate surface area is 189 Å². The summed E-state index contributed by atoms with van der Waals surface area (Å²) in [5.41, 5.74) is 1.55. The van der Waals surface area contributed by atoms with E-state index in [1.165, 1.54) is 23.5 Å². The number of fused-ring (bicyclic) bond motifs is 2. The van der Waals surface area contributed by atoms with Gasteiger partial charge in [-0.25, -0.2) is 4.98 Å². The van der Waals surface area contributed by atoms with Gasteiger partial charge in [0.05, 0.1) is 21.7 Å². The highest BCUT2D eigenvalue weighted by molar-refractivity contribution is 7.22. The molecule has 1 aromatic carbocycles. The molecule has 1 amide bonds. The van der Waals surface area contributed by atoms with Gasteiger partial charge in [0.2, 0.25) is 6.79 Å². The van der Waals surface area contributed by atoms with Gasteiger partial charge in [0.1, 0.15) is 0 Å². The lowest BCUT2D eigenvalue weighted by Crippen LogP contribution is -2.28. The zero-order valence-corrected chi connectivity index (χ0v) is 18.0. The zero-order chi connectivity index (χ0) is 22.1. The molecule has 1 aliphatic heterocycles. The molecule has 0 aliphatic carbocycles. The van der Waals surface area contributed by atoms with Gasteiger partial charge in [0.25, 0.3) is 5.91 Å². The molecule has 0 atom stereocenters. The monoisotopic (exact) mass is 466 g/mol. The third-order valence-electron chi connectivity index (χ3n) is 4.61. The minimum Gasteiger partial charge on any atom is -0.454 e. The number of nitro groups is 1. The Morgan fingerprint density at radius 2 is 2.06 bits per heavy atom. The van der Waals surface area contributed by atoms with Gasteiger partial charge in [-0.15, -0.1) is 0 Å². The normalized spacial score (nSPS) is 12.5. The number of amides is 1. The first-order valence-corrected chi connectivity index (χ1v) is 11.0. The van der Waals surface area contributed by atoms with E-state index >= 15 is 0 Å². The predicted octanol–water partition coefficient (Wildman–Crippen LogP) is 4.64. The van der Waals surface area contributed by atoms with E-state index in [4.69, 9.17) is 9.47 Å². The van der Waals surface area contributed by atoms with Crippen LogP contribution >= 0.6 is 22.7 Å². The lowest BCUT2D eigenvalue weighted by atomic mass is 10.2. The minimum absolute atomic E-state index is 0.0213. The highest BCUT2D eigenvalue weighted by Crippen LogP contribution is 2.40. The van der Waals surface area contributed by atoms with Crippen molar-refractivity contribution in [2.24, 2.45) is 0 Å². The van der Waals surface area contributed by atoms with Crippen LogP contribution in [-0.4, -0.2) is 27.6 Å². The second-order valence-electron chi connectivity index (χ2n) is 6.72. The number of carbonyl (C=O) groups excluding carboxylic acids is 1. The van der Waals surface area contributed by atoms with Crippen molar-refractivity contribution in [1.82, 2.24) is 9.97 Å². The summed E-state index contributed by atoms with van der Waals surface area (Å²) >= 11 is 2.37. The molecule has 9 nitrogen and oxygen atoms in total. The molecule has 0 radical (unpaired) electrons. The molecule has 3 aromatic heterocycles. The van der Waals surface area contributed by atoms with Crippen LogP contribution in [-0.2, 0) is 11.3 Å². The molecule has 0 fully saturated rings. The SMILES string of the molecule is O=C(/C=C/c1ccc([N+](=O)[O-])s1)N(Cc1cccnc1)c1nc2cc3c(cc2s1)OCO3. The summed E-state index contributed by atoms with van der Waals surface area (Å²) < 4.78 is 11.7. The number of anilines is 1. The Morgan fingerprint density at radius 3 is 2.81 bits per heavy atom. The third kappa shape index (κ3) is 4.03. The Hall–Kier alpha value is -3.83. The van der Waals surface area contributed by atoms with Crippen LogP contribution in [0.1, 0.15) is 10.4 Å². The Balaban J connectivity index is 1.47. The first-order chi connectivity index (χ1) is 15.6. The molecule has 0 saturated heterocycles. The fourth-order valence-electron chi connectivity index (χ4n) is 3.11. The van der Waals surface area contributed by atoms with Gasteiger partial charge >= 0.3 is 5.00 Å². The molecule has 11 heteroatoms. The average molecular weight is 467 g/mol. The number of nitrogens with zero attached hydrogens (tertiary/aromatic N) is 4. The maximum Gasteiger partial charge on any atom is 0.324 e. The molecular weight excluding hydrogens is 452 g/mol. The average Bonchev–Trinajstić information content (AvgIpc) is 3.53. The topological polar surface area (TPSA) is 108 Å². The van der Waals surface area contributed by atoms with Gasteiger partial charge in [-0.3, -0.25) is 24.8 Å². The Kier molecular flexibility index (Phi) is 5.25. The summed E-state index contributed by atoms with van der Waals surface area (Å²) in [6, 6.07) is 10.4. The number of thiazole rings is 1. The van der Waals surface area contributed by atoms with E-state index in [2.05, 4.69) is 9.97 Å². The highest BCUT2D eigenvalue weighted by atomic mass is 32.1. The summed E-state index contributed by atoms with van der Waals surface area (Å²) in [5, 5.41) is 11.4. The van der Waals surface area contributed by atoms with Crippen molar-refractivity contribution >= 4 is 55.0 Å². The van der Waals surface area contributed by atoms with E-state index in [1.807, 2.05) is 12.1 Å². The second-order valence-corrected chi connectivity index (χ2v) is 8.82. The number of rotatable bonds is 6. The van der Waals surface area contributed by atoms with Gasteiger partial charge in [-0.1, -0.05) is 28.7 Å². The molecule has 0 saturated carbocycles. The Morgan fingerprint density at radius 1 is 1.22 bits per heavy atom. The fourth-order valence-corrected chi connectivity index (χ4v) is 4.81. The lowest BCUT2D eigenvalue weighted by molar-refractivity contribution is -0.380. The van der Waals surface area contributed by atoms with Crippen LogP contribution in [0.5, 0.6) is 11.5 Å². The van der Waals surface area contributed by atoms with E-state index in [0.29, 0.717) is 27.0 Å². The minimum atomic E-state index is -0.454. The van der Waals surface area contributed by atoms with E-state index < -0.39 is 4.92 Å². The zero-order valence-electron chi connectivity index (χ0n) is 16.3. The number of aromatic nitrogens is 2. The fraction of sp³-hybridized carbons (Fsp3) is 0.0952. The van der Waals surface area contributed by atoms with Crippen molar-refractivity contribution in [2.75, 3.05) is 11.7 Å². The number of pyridine rings is 1. The van der Waals surface area contributed by atoms with Crippen molar-refractivity contribution in [3.63, 3.8) is 0 Å². The maximum atomic E-state index is 13.1. The standard InChI is InChI=1S/C21H14N4O5S2/c26-19(5-3-14-4-6-20(31-14)25(27)28)24(11-13-2-1-7-22-10-13)21-23-15-8-16-17(30-12-29-16)9-18(15)32-21/h1-10H,11-12H2/b5-3+. The summed E-state index contributed by atoms with van der Waals surface area (Å²) in [6.45, 7) is 0.449. The Bertz CT molecular complexity index is 1310. The lowest BCUT2D eigenvalue weighted by Gasteiger charge is -2.18. The number of carbonyl (C=O) groups is 1. The molecule has 4 heterocycles. The first kappa shape index (κ1) is 20.1. The van der Waals surface area contributed by atoms with E-state index in [9.17, 15) is 14.9 Å². The number of hydrogen-bond donors (Lipinski definition) is 0. The van der Waals surface area contributed by atoms with Crippen LogP contribution in [0.2, 0.25) is 0 Å². The second kappa shape index (κ2) is 8.36. The van der Waals surface area contributed by atoms with Crippen molar-refractivity contribution in [1.29, 1.82) is 0 Å². The van der Waals surface area contributed by atoms with Gasteiger partial charge in [0.15, 0.2) is 16.6 Å². The van der Waals surface area contributed by atoms with Crippen LogP contribution in [0, 0.1) is 10.1 Å². The quantitative estimate of drug-likeness (QED) is 0.231. The third-order valence-corrected chi connectivity index (χ3v) is 6.66. The molecule has 1 aliphatic rings. The molecule has 0 bridgehead atoms. The van der Waals surface area contributed by atoms with Gasteiger partial charge in [-0.2, -0.15) is 0 Å². The molecule has 160 valence electrons. The summed E-state index contributed by atoms with van der Waals surface area (Å²) in [6.07, 6.45) is 6.32. The van der Waals surface area contributed by atoms with Crippen LogP contribution in [0.4, 0.5) is 10.1 Å². The van der Waals surface area contributed by atoms with Crippen LogP contribution in [0.15, 0.2) is 54.9 Å². The van der Waals surface area contributed by atoms with Crippen molar-refractivity contribution < 1.29 is 19.2 Å². The molecule has 5 rings (SSSR count). The first-order valence-electron chi connectivity index (χ1n) is 9.40. The molecule has 0 spiro atoms. The van der Waals surface area contributed by atoms with Crippen molar-refractivity contribution in [2.45, 2.75) is 6.54 Å². The van der Waals surface area contributed by atoms with Crippen LogP contribution in [0.3, 0.4) is 0 Å². The smallest absolute Gasteiger partial charge is 0.324 e. The van der Waals surface area contributed by atoms with E-state index in [-0.39, 0.29) is 24.2 Å². The van der Waals surface area contributed by atoms with E-state index in [1.54, 1.807) is 41.6 Å². The van der Waals surface area contributed by atoms with Crippen LogP contribution in [0.25, 0.3) is 16.3 Å². The maximum absolute atomic E-state index is 13.1. The highest BCUT2D eigenvalue weighted by Gasteiger charge is 2.22. The largest absolute Gasteiger partial charge is 0.454 e. The number of benzene rings is 1. The van der Waals surface area contributed by atoms with Gasteiger partial charge < -0.3 is 9.47 Å². The summed E-state index contributed by atoms with van der Waals surface area (Å²) in [4.78, 5) is 34.5. The molecule has 0 unspecified atom stereocenters. The van der Waals surface area contributed by atoms with Gasteiger partial charge in [-0.05, 0) is 23.8 Å². The molecule has 32 heavy (non-hydrogen) atoms. The van der Waals surface area contributed by atoms with Gasteiger partial charge in [0, 0.05) is 41.5 Å². The molecular formula is C21H14N4O5S2. The number of thiophene rings is 1.